The maximum Gasteiger partial charge on any atom is 0.113 e. The number of H-pyrrole nitrogens is 1. The van der Waals surface area contributed by atoms with Crippen molar-refractivity contribution in [3.63, 3.8) is 0 Å². The first kappa shape index (κ1) is 5.60. The number of hydrogen-bond donors (Lipinski definition) is 1. The van der Waals surface area contributed by atoms with Gasteiger partial charge in [0.1, 0.15) is 7.85 Å². The lowest BCUT2D eigenvalue weighted by Gasteiger charge is -1.90. The minimum Gasteiger partial charge on any atom is -0.361 e. The summed E-state index contributed by atoms with van der Waals surface area (Å²) in [6, 6.07) is 7.85. The van der Waals surface area contributed by atoms with Crippen LogP contribution in [-0.4, -0.2) is 12.8 Å². The van der Waals surface area contributed by atoms with Gasteiger partial charge in [-0.05, 0) is 17.5 Å². The van der Waals surface area contributed by atoms with Gasteiger partial charge in [0.25, 0.3) is 0 Å². The molecule has 0 unspecified atom stereocenters. The van der Waals surface area contributed by atoms with E-state index in [0.717, 1.165) is 11.0 Å². The molecule has 1 nitrogen and oxygen atoms in total. The number of nitrogens with one attached hydrogen (secondary N) is 1. The summed E-state index contributed by atoms with van der Waals surface area (Å²) in [5, 5.41) is 1.20. The third-order valence-electron chi connectivity index (χ3n) is 1.58. The standard InChI is InChI=1S/C8H6BN/c9-7-2-1-6-3-4-10-8(6)5-7/h1-5,10H. The molecule has 0 fully saturated rings. The molecule has 0 saturated carbocycles. The number of benzene rings is 1. The van der Waals surface area contributed by atoms with E-state index in [2.05, 4.69) is 4.98 Å². The molecule has 0 saturated heterocycles. The summed E-state index contributed by atoms with van der Waals surface area (Å²) >= 11 is 0. The molecule has 2 heteroatoms. The van der Waals surface area contributed by atoms with Crippen LogP contribution in [0.1, 0.15) is 0 Å². The van der Waals surface area contributed by atoms with Gasteiger partial charge >= 0.3 is 0 Å². The number of aromatic amines is 1. The Labute approximate surface area is 60.5 Å². The Balaban J connectivity index is 2.86. The van der Waals surface area contributed by atoms with Crippen molar-refractivity contribution in [1.29, 1.82) is 0 Å². The van der Waals surface area contributed by atoms with Crippen LogP contribution in [0.5, 0.6) is 0 Å². The summed E-state index contributed by atoms with van der Waals surface area (Å²) in [7, 11) is 5.56. The van der Waals surface area contributed by atoms with Crippen LogP contribution < -0.4 is 5.46 Å². The van der Waals surface area contributed by atoms with Crippen molar-refractivity contribution in [2.75, 3.05) is 0 Å². The van der Waals surface area contributed by atoms with Gasteiger partial charge in [0.05, 0.1) is 0 Å². The molecule has 2 aromatic rings. The zero-order valence-electron chi connectivity index (χ0n) is 5.46. The fourth-order valence-electron chi connectivity index (χ4n) is 1.07. The third kappa shape index (κ3) is 0.729. The largest absolute Gasteiger partial charge is 0.361 e. The molecule has 1 aromatic carbocycles. The van der Waals surface area contributed by atoms with E-state index in [4.69, 9.17) is 7.85 Å². The fraction of sp³-hybridized carbons (Fsp3) is 0. The monoisotopic (exact) mass is 127 g/mol. The van der Waals surface area contributed by atoms with Gasteiger partial charge in [0, 0.05) is 11.7 Å². The lowest BCUT2D eigenvalue weighted by atomic mass is 9.96. The summed E-state index contributed by atoms with van der Waals surface area (Å²) in [5.74, 6) is 0. The van der Waals surface area contributed by atoms with E-state index < -0.39 is 0 Å². The van der Waals surface area contributed by atoms with Crippen molar-refractivity contribution in [2.45, 2.75) is 0 Å². The third-order valence-corrected chi connectivity index (χ3v) is 1.58. The number of rotatable bonds is 0. The van der Waals surface area contributed by atoms with E-state index in [1.165, 1.54) is 5.39 Å². The van der Waals surface area contributed by atoms with E-state index in [0.29, 0.717) is 0 Å². The summed E-state index contributed by atoms with van der Waals surface area (Å²) in [6.07, 6.45) is 1.91. The minimum atomic E-state index is 0.801. The van der Waals surface area contributed by atoms with Gasteiger partial charge < -0.3 is 4.98 Å². The van der Waals surface area contributed by atoms with Crippen LogP contribution in [0.25, 0.3) is 10.9 Å². The Bertz CT molecular complexity index is 351. The second-order valence-corrected chi connectivity index (χ2v) is 2.32. The number of hydrogen-bond acceptors (Lipinski definition) is 0. The molecule has 0 aliphatic heterocycles. The lowest BCUT2D eigenvalue weighted by molar-refractivity contribution is 1.48. The molecule has 2 rings (SSSR count). The minimum absolute atomic E-state index is 0.801. The van der Waals surface area contributed by atoms with Crippen molar-refractivity contribution in [2.24, 2.45) is 0 Å². The Hall–Kier alpha value is -1.18. The normalized spacial score (nSPS) is 10.4. The molecule has 0 amide bonds. The highest BCUT2D eigenvalue weighted by Crippen LogP contribution is 2.07. The average molecular weight is 127 g/mol. The van der Waals surface area contributed by atoms with E-state index in [1.807, 2.05) is 30.5 Å². The summed E-state index contributed by atoms with van der Waals surface area (Å²) < 4.78 is 0. The molecule has 1 N–H and O–H groups in total. The Kier molecular flexibility index (Phi) is 1.07. The van der Waals surface area contributed by atoms with Gasteiger partial charge in [-0.2, -0.15) is 0 Å². The Morgan fingerprint density at radius 1 is 1.20 bits per heavy atom. The first-order valence-corrected chi connectivity index (χ1v) is 3.19. The van der Waals surface area contributed by atoms with Crippen molar-refractivity contribution in [3.05, 3.63) is 30.5 Å². The SMILES string of the molecule is [B]c1ccc2cc[nH]c2c1. The second-order valence-electron chi connectivity index (χ2n) is 2.32. The van der Waals surface area contributed by atoms with Crippen LogP contribution in [0.2, 0.25) is 0 Å². The second kappa shape index (κ2) is 1.91. The molecule has 10 heavy (non-hydrogen) atoms. The zero-order valence-corrected chi connectivity index (χ0v) is 5.46. The van der Waals surface area contributed by atoms with Crippen molar-refractivity contribution in [3.8, 4) is 0 Å². The van der Waals surface area contributed by atoms with Crippen LogP contribution in [0.15, 0.2) is 30.5 Å². The van der Waals surface area contributed by atoms with Crippen LogP contribution in [0, 0.1) is 0 Å². The van der Waals surface area contributed by atoms with Gasteiger partial charge in [0.15, 0.2) is 0 Å². The maximum absolute atomic E-state index is 5.56. The first-order valence-electron chi connectivity index (χ1n) is 3.19. The van der Waals surface area contributed by atoms with E-state index >= 15 is 0 Å². The maximum atomic E-state index is 5.56. The van der Waals surface area contributed by atoms with E-state index in [-0.39, 0.29) is 0 Å². The van der Waals surface area contributed by atoms with E-state index in [1.54, 1.807) is 0 Å². The molecule has 1 aromatic heterocycles. The molecule has 2 radical (unpaired) electrons. The molecular formula is C8H6BN. The highest BCUT2D eigenvalue weighted by atomic mass is 14.7. The summed E-state index contributed by atoms with van der Waals surface area (Å²) in [4.78, 5) is 3.08. The van der Waals surface area contributed by atoms with Gasteiger partial charge in [-0.3, -0.25) is 0 Å². The summed E-state index contributed by atoms with van der Waals surface area (Å²) in [6.45, 7) is 0. The van der Waals surface area contributed by atoms with Crippen LogP contribution >= 0.6 is 0 Å². The molecule has 0 aliphatic rings. The fourth-order valence-corrected chi connectivity index (χ4v) is 1.07. The van der Waals surface area contributed by atoms with Crippen LogP contribution in [0.3, 0.4) is 0 Å². The van der Waals surface area contributed by atoms with Crippen molar-refractivity contribution in [1.82, 2.24) is 4.98 Å². The van der Waals surface area contributed by atoms with Gasteiger partial charge in [-0.15, -0.1) is 0 Å². The highest BCUT2D eigenvalue weighted by molar-refractivity contribution is 6.33. The molecule has 0 atom stereocenters. The predicted octanol–water partition coefficient (Wildman–Crippen LogP) is 0.962. The van der Waals surface area contributed by atoms with Gasteiger partial charge in [-0.25, -0.2) is 0 Å². The highest BCUT2D eigenvalue weighted by Gasteiger charge is 1.90. The zero-order chi connectivity index (χ0) is 6.97. The summed E-state index contributed by atoms with van der Waals surface area (Å²) in [5.41, 5.74) is 1.90. The van der Waals surface area contributed by atoms with Crippen LogP contribution in [0.4, 0.5) is 0 Å². The molecule has 1 heterocycles. The van der Waals surface area contributed by atoms with Crippen LogP contribution in [-0.2, 0) is 0 Å². The molecular weight excluding hydrogens is 121 g/mol. The number of fused-ring (bicyclic) bond motifs is 1. The Morgan fingerprint density at radius 2 is 2.10 bits per heavy atom. The van der Waals surface area contributed by atoms with Crippen molar-refractivity contribution < 1.29 is 0 Å². The molecule has 0 aliphatic carbocycles. The lowest BCUT2D eigenvalue weighted by Crippen LogP contribution is -1.98. The van der Waals surface area contributed by atoms with Crippen molar-refractivity contribution >= 4 is 24.2 Å². The molecule has 46 valence electrons. The number of aromatic nitrogens is 1. The first-order chi connectivity index (χ1) is 4.86. The smallest absolute Gasteiger partial charge is 0.113 e. The quantitative estimate of drug-likeness (QED) is 0.507. The van der Waals surface area contributed by atoms with Gasteiger partial charge in [0.2, 0.25) is 0 Å². The molecule has 0 spiro atoms. The van der Waals surface area contributed by atoms with E-state index in [9.17, 15) is 0 Å². The van der Waals surface area contributed by atoms with Gasteiger partial charge in [-0.1, -0.05) is 17.6 Å². The predicted molar refractivity (Wildman–Crippen MR) is 43.7 cm³/mol. The topological polar surface area (TPSA) is 15.8 Å². The average Bonchev–Trinajstić information content (AvgIpc) is 2.33. The molecule has 0 bridgehead atoms. The Morgan fingerprint density at radius 3 is 3.00 bits per heavy atom.